The van der Waals surface area contributed by atoms with E-state index < -0.39 is 0 Å². The van der Waals surface area contributed by atoms with Gasteiger partial charge in [-0.2, -0.15) is 5.11 Å². The fraction of sp³-hybridized carbons (Fsp3) is 0.333. The molecule has 3 aromatic rings. The van der Waals surface area contributed by atoms with Gasteiger partial charge in [0.05, 0.1) is 11.4 Å². The molecule has 1 aliphatic rings. The summed E-state index contributed by atoms with van der Waals surface area (Å²) < 4.78 is 0. The molecule has 0 heterocycles. The molecule has 31 heavy (non-hydrogen) atoms. The normalized spacial score (nSPS) is 15.0. The molecule has 1 N–H and O–H groups in total. The Morgan fingerprint density at radius 3 is 2.39 bits per heavy atom. The van der Waals surface area contributed by atoms with Crippen molar-refractivity contribution >= 4 is 27.8 Å². The van der Waals surface area contributed by atoms with Crippen LogP contribution in [-0.2, 0) is 0 Å². The minimum Gasteiger partial charge on any atom is -0.383 e. The van der Waals surface area contributed by atoms with Crippen LogP contribution in [0.5, 0.6) is 0 Å². The van der Waals surface area contributed by atoms with E-state index in [0.717, 1.165) is 42.1 Å². The molecule has 0 bridgehead atoms. The average molecular weight is 413 g/mol. The number of hydrogen-bond acceptors (Lipinski definition) is 4. The number of nitrogens with zero attached hydrogens (tertiary/aromatic N) is 3. The van der Waals surface area contributed by atoms with Gasteiger partial charge in [-0.25, -0.2) is 0 Å². The zero-order valence-electron chi connectivity index (χ0n) is 18.2. The van der Waals surface area contributed by atoms with Crippen LogP contribution in [0.15, 0.2) is 89.6 Å². The van der Waals surface area contributed by atoms with E-state index in [-0.39, 0.29) is 0 Å². The Morgan fingerprint density at radius 1 is 0.871 bits per heavy atom. The third kappa shape index (κ3) is 5.59. The molecule has 0 aromatic heterocycles. The molecule has 0 radical (unpaired) electrons. The monoisotopic (exact) mass is 412 g/mol. The zero-order valence-corrected chi connectivity index (χ0v) is 18.2. The van der Waals surface area contributed by atoms with E-state index in [2.05, 4.69) is 63.4 Å². The molecule has 0 saturated heterocycles. The number of rotatable bonds is 9. The van der Waals surface area contributed by atoms with Gasteiger partial charge in [0.1, 0.15) is 0 Å². The lowest BCUT2D eigenvalue weighted by Gasteiger charge is -2.33. The van der Waals surface area contributed by atoms with E-state index in [1.807, 2.05) is 36.4 Å². The molecule has 4 rings (SSSR count). The van der Waals surface area contributed by atoms with Crippen LogP contribution >= 0.6 is 0 Å². The van der Waals surface area contributed by atoms with Gasteiger partial charge >= 0.3 is 0 Å². The fourth-order valence-corrected chi connectivity index (χ4v) is 4.50. The molecule has 0 unspecified atom stereocenters. The van der Waals surface area contributed by atoms with Crippen LogP contribution in [-0.4, -0.2) is 30.6 Å². The van der Waals surface area contributed by atoms with Gasteiger partial charge in [-0.3, -0.25) is 4.90 Å². The Morgan fingerprint density at radius 2 is 1.61 bits per heavy atom. The molecule has 1 saturated carbocycles. The molecule has 160 valence electrons. The van der Waals surface area contributed by atoms with Crippen molar-refractivity contribution < 1.29 is 0 Å². The minimum absolute atomic E-state index is 0.700. The summed E-state index contributed by atoms with van der Waals surface area (Å²) in [5.74, 6) is 0. The maximum atomic E-state index is 4.52. The maximum Gasteiger partial charge on any atom is 0.0936 e. The van der Waals surface area contributed by atoms with E-state index in [4.69, 9.17) is 0 Å². The highest BCUT2D eigenvalue weighted by molar-refractivity contribution is 6.00. The Balaban J connectivity index is 1.47. The number of hydrogen-bond donors (Lipinski definition) is 1. The van der Waals surface area contributed by atoms with Gasteiger partial charge in [0.25, 0.3) is 0 Å². The first-order valence-corrected chi connectivity index (χ1v) is 11.4. The summed E-state index contributed by atoms with van der Waals surface area (Å²) >= 11 is 0. The summed E-state index contributed by atoms with van der Waals surface area (Å²) in [6, 6.07) is 23.1. The predicted molar refractivity (Wildman–Crippen MR) is 132 cm³/mol. The van der Waals surface area contributed by atoms with Crippen molar-refractivity contribution in [2.75, 3.05) is 25.0 Å². The topological polar surface area (TPSA) is 40.0 Å². The first-order chi connectivity index (χ1) is 15.3. The van der Waals surface area contributed by atoms with E-state index in [0.29, 0.717) is 6.04 Å². The second kappa shape index (κ2) is 10.9. The second-order valence-electron chi connectivity index (χ2n) is 8.22. The van der Waals surface area contributed by atoms with Crippen molar-refractivity contribution in [2.45, 2.75) is 38.1 Å². The molecular weight excluding hydrogens is 380 g/mol. The highest BCUT2D eigenvalue weighted by Crippen LogP contribution is 2.33. The summed E-state index contributed by atoms with van der Waals surface area (Å²) in [6.07, 6.45) is 8.77. The molecule has 0 spiro atoms. The van der Waals surface area contributed by atoms with Crippen LogP contribution in [0.25, 0.3) is 10.8 Å². The van der Waals surface area contributed by atoms with E-state index in [1.165, 1.54) is 37.5 Å². The van der Waals surface area contributed by atoms with Gasteiger partial charge in [0, 0.05) is 42.1 Å². The maximum absolute atomic E-state index is 4.52. The van der Waals surface area contributed by atoms with Crippen molar-refractivity contribution in [3.05, 3.63) is 79.4 Å². The lowest BCUT2D eigenvalue weighted by molar-refractivity contribution is 0.178. The molecule has 0 atom stereocenters. The van der Waals surface area contributed by atoms with Gasteiger partial charge in [-0.1, -0.05) is 67.8 Å². The van der Waals surface area contributed by atoms with E-state index in [9.17, 15) is 0 Å². The number of anilines is 1. The van der Waals surface area contributed by atoms with Crippen LogP contribution < -0.4 is 5.32 Å². The fourth-order valence-electron chi connectivity index (χ4n) is 4.50. The molecular formula is C27H32N4. The van der Waals surface area contributed by atoms with Crippen LogP contribution in [0, 0.1) is 0 Å². The lowest BCUT2D eigenvalue weighted by Crippen LogP contribution is -2.39. The number of nitrogens with one attached hydrogen (secondary N) is 1. The molecule has 1 aliphatic carbocycles. The standard InChI is InChI=1S/C27H32N4/c1-2-20-31(23-13-7-4-8-14-23)21-19-28-26-17-18-27(25-16-10-9-15-24(25)26)30-29-22-11-5-3-6-12-22/h2-3,5-6,9-12,15-18,23,28H,1,4,7-8,13-14,19-21H2. The predicted octanol–water partition coefficient (Wildman–Crippen LogP) is 7.49. The van der Waals surface area contributed by atoms with Gasteiger partial charge in [-0.05, 0) is 37.1 Å². The van der Waals surface area contributed by atoms with Crippen LogP contribution in [0.3, 0.4) is 0 Å². The quantitative estimate of drug-likeness (QED) is 0.292. The van der Waals surface area contributed by atoms with Gasteiger partial charge in [0.2, 0.25) is 0 Å². The molecule has 0 aliphatic heterocycles. The smallest absolute Gasteiger partial charge is 0.0936 e. The minimum atomic E-state index is 0.700. The zero-order chi connectivity index (χ0) is 21.3. The SMILES string of the molecule is C=CCN(CCNc1ccc(N=Nc2ccccc2)c2ccccc12)C1CCCCC1. The summed E-state index contributed by atoms with van der Waals surface area (Å²) in [6.45, 7) is 6.88. The highest BCUT2D eigenvalue weighted by atomic mass is 15.2. The van der Waals surface area contributed by atoms with Crippen LogP contribution in [0.4, 0.5) is 17.1 Å². The molecule has 4 heteroatoms. The number of azo groups is 1. The molecule has 1 fully saturated rings. The highest BCUT2D eigenvalue weighted by Gasteiger charge is 2.19. The third-order valence-corrected chi connectivity index (χ3v) is 6.10. The van der Waals surface area contributed by atoms with Crippen molar-refractivity contribution in [1.82, 2.24) is 4.90 Å². The van der Waals surface area contributed by atoms with Gasteiger partial charge < -0.3 is 5.32 Å². The summed E-state index contributed by atoms with van der Waals surface area (Å²) in [4.78, 5) is 2.59. The van der Waals surface area contributed by atoms with Gasteiger partial charge in [0.15, 0.2) is 0 Å². The second-order valence-corrected chi connectivity index (χ2v) is 8.22. The Hall–Kier alpha value is -2.98. The van der Waals surface area contributed by atoms with Crippen LogP contribution in [0.1, 0.15) is 32.1 Å². The van der Waals surface area contributed by atoms with Crippen LogP contribution in [0.2, 0.25) is 0 Å². The lowest BCUT2D eigenvalue weighted by atomic mass is 9.94. The van der Waals surface area contributed by atoms with E-state index in [1.54, 1.807) is 0 Å². The van der Waals surface area contributed by atoms with Gasteiger partial charge in [-0.15, -0.1) is 11.7 Å². The van der Waals surface area contributed by atoms with Crippen molar-refractivity contribution in [2.24, 2.45) is 10.2 Å². The first-order valence-electron chi connectivity index (χ1n) is 11.4. The number of fused-ring (bicyclic) bond motifs is 1. The Kier molecular flexibility index (Phi) is 7.46. The van der Waals surface area contributed by atoms with Crippen molar-refractivity contribution in [3.63, 3.8) is 0 Å². The Labute approximate surface area is 185 Å². The summed E-state index contributed by atoms with van der Waals surface area (Å²) in [5.41, 5.74) is 2.90. The largest absolute Gasteiger partial charge is 0.383 e. The number of benzene rings is 3. The average Bonchev–Trinajstić information content (AvgIpc) is 2.84. The first kappa shape index (κ1) is 21.3. The third-order valence-electron chi connectivity index (χ3n) is 6.10. The summed E-state index contributed by atoms with van der Waals surface area (Å²) in [7, 11) is 0. The molecule has 4 nitrogen and oxygen atoms in total. The molecule has 3 aromatic carbocycles. The van der Waals surface area contributed by atoms with E-state index >= 15 is 0 Å². The van der Waals surface area contributed by atoms with Crippen molar-refractivity contribution in [1.29, 1.82) is 0 Å². The molecule has 0 amide bonds. The summed E-state index contributed by atoms with van der Waals surface area (Å²) in [5, 5.41) is 14.9. The Bertz CT molecular complexity index is 1010. The van der Waals surface area contributed by atoms with Crippen molar-refractivity contribution in [3.8, 4) is 0 Å².